The van der Waals surface area contributed by atoms with Crippen molar-refractivity contribution in [2.24, 2.45) is 7.05 Å². The highest BCUT2D eigenvalue weighted by atomic mass is 16.5. The maximum absolute atomic E-state index is 13.1. The summed E-state index contributed by atoms with van der Waals surface area (Å²) in [6.07, 6.45) is 3.57. The summed E-state index contributed by atoms with van der Waals surface area (Å²) in [5, 5.41) is 25.3. The quantitative estimate of drug-likeness (QED) is 0.140. The monoisotopic (exact) mass is 609 g/mol. The zero-order valence-electron chi connectivity index (χ0n) is 25.5. The van der Waals surface area contributed by atoms with Crippen molar-refractivity contribution >= 4 is 17.7 Å². The smallest absolute Gasteiger partial charge is 0.404 e. The summed E-state index contributed by atoms with van der Waals surface area (Å²) in [6, 6.07) is 11.7. The molecule has 1 aliphatic rings. The number of pyridine rings is 1. The third kappa shape index (κ3) is 11.0. The number of amides is 2. The van der Waals surface area contributed by atoms with Gasteiger partial charge in [-0.1, -0.05) is 25.1 Å². The average molecular weight is 610 g/mol. The molecule has 1 aromatic carbocycles. The first-order valence-electron chi connectivity index (χ1n) is 15.1. The average Bonchev–Trinajstić information content (AvgIpc) is 3.79. The first-order chi connectivity index (χ1) is 21.4. The van der Waals surface area contributed by atoms with Gasteiger partial charge in [-0.25, -0.2) is 9.78 Å². The van der Waals surface area contributed by atoms with Gasteiger partial charge in [0.05, 0.1) is 39.6 Å². The fraction of sp³-hybridized carbons (Fsp3) is 0.516. The van der Waals surface area contributed by atoms with E-state index in [0.717, 1.165) is 47.6 Å². The molecule has 1 aliphatic carbocycles. The van der Waals surface area contributed by atoms with Crippen molar-refractivity contribution in [1.29, 1.82) is 0 Å². The number of rotatable bonds is 20. The molecule has 1 saturated carbocycles. The Morgan fingerprint density at radius 2 is 1.75 bits per heavy atom. The van der Waals surface area contributed by atoms with Crippen molar-refractivity contribution in [2.75, 3.05) is 58.0 Å². The molecule has 1 unspecified atom stereocenters. The van der Waals surface area contributed by atoms with Gasteiger partial charge in [0.2, 0.25) is 0 Å². The molecule has 0 bridgehead atoms. The van der Waals surface area contributed by atoms with E-state index >= 15 is 0 Å². The maximum atomic E-state index is 13.1. The summed E-state index contributed by atoms with van der Waals surface area (Å²) in [6.45, 7) is 6.35. The minimum absolute atomic E-state index is 0.215. The van der Waals surface area contributed by atoms with E-state index in [0.29, 0.717) is 64.3 Å². The zero-order valence-corrected chi connectivity index (χ0v) is 25.5. The van der Waals surface area contributed by atoms with Crippen molar-refractivity contribution in [2.45, 2.75) is 44.6 Å². The van der Waals surface area contributed by atoms with Crippen LogP contribution in [0, 0.1) is 0 Å². The number of nitrogens with zero attached hydrogens (tertiary/aromatic N) is 4. The first-order valence-corrected chi connectivity index (χ1v) is 15.1. The fourth-order valence-corrected chi connectivity index (χ4v) is 4.63. The van der Waals surface area contributed by atoms with Crippen molar-refractivity contribution in [1.82, 2.24) is 30.4 Å². The second kappa shape index (κ2) is 17.4. The maximum Gasteiger partial charge on any atom is 0.404 e. The van der Waals surface area contributed by atoms with Crippen LogP contribution in [-0.4, -0.2) is 89.6 Å². The molecule has 0 spiro atoms. The van der Waals surface area contributed by atoms with E-state index in [-0.39, 0.29) is 18.4 Å². The number of nitrogens with one attached hydrogen (secondary N) is 3. The van der Waals surface area contributed by atoms with E-state index in [1.54, 1.807) is 12.4 Å². The fourth-order valence-electron chi connectivity index (χ4n) is 4.63. The molecule has 0 radical (unpaired) electrons. The van der Waals surface area contributed by atoms with E-state index in [1.807, 2.05) is 35.9 Å². The molecule has 4 N–H and O–H groups in total. The lowest BCUT2D eigenvalue weighted by atomic mass is 9.97. The highest BCUT2D eigenvalue weighted by molar-refractivity contribution is 6.03. The van der Waals surface area contributed by atoms with Gasteiger partial charge in [0.15, 0.2) is 0 Å². The van der Waals surface area contributed by atoms with Gasteiger partial charge in [0.1, 0.15) is 17.8 Å². The Morgan fingerprint density at radius 3 is 2.43 bits per heavy atom. The van der Waals surface area contributed by atoms with Gasteiger partial charge < -0.3 is 39.8 Å². The molecule has 1 atom stereocenters. The number of carbonyl (C=O) groups excluding carboxylic acids is 1. The van der Waals surface area contributed by atoms with Crippen LogP contribution in [0.4, 0.5) is 10.5 Å². The number of aryl methyl sites for hydroxylation is 1. The Kier molecular flexibility index (Phi) is 13.0. The number of carboxylic acid groups (broad SMARTS) is 1. The van der Waals surface area contributed by atoms with Gasteiger partial charge in [-0.2, -0.15) is 0 Å². The van der Waals surface area contributed by atoms with Gasteiger partial charge >= 0.3 is 6.09 Å². The lowest BCUT2D eigenvalue weighted by molar-refractivity contribution is 0.0158. The molecule has 3 aromatic rings. The van der Waals surface area contributed by atoms with E-state index in [1.165, 1.54) is 0 Å². The minimum Gasteiger partial charge on any atom is -0.465 e. The second-order valence-electron chi connectivity index (χ2n) is 10.8. The molecule has 4 rings (SSSR count). The normalized spacial score (nSPS) is 13.5. The van der Waals surface area contributed by atoms with Crippen LogP contribution in [0.2, 0.25) is 0 Å². The van der Waals surface area contributed by atoms with Crippen LogP contribution in [-0.2, 0) is 34.2 Å². The highest BCUT2D eigenvalue weighted by Crippen LogP contribution is 2.40. The van der Waals surface area contributed by atoms with Crippen LogP contribution in [0.5, 0.6) is 0 Å². The highest BCUT2D eigenvalue weighted by Gasteiger charge is 2.28. The number of hydrogen-bond acceptors (Lipinski definition) is 9. The van der Waals surface area contributed by atoms with Gasteiger partial charge in [-0.3, -0.25) is 4.79 Å². The van der Waals surface area contributed by atoms with E-state index in [4.69, 9.17) is 24.3 Å². The van der Waals surface area contributed by atoms with Crippen molar-refractivity contribution in [3.8, 4) is 0 Å². The second-order valence-corrected chi connectivity index (χ2v) is 10.8. The summed E-state index contributed by atoms with van der Waals surface area (Å²) in [5.74, 6) is 1.31. The molecular weight excluding hydrogens is 566 g/mol. The largest absolute Gasteiger partial charge is 0.465 e. The standard InChI is InChI=1S/C31H43N7O6/c1-22(18-28-37-34-21-38(28)2)24-4-3-5-26(19-24)35-30(39)27-9-8-25(29(36-27)23-6-7-23)20-32-10-12-42-14-16-44-17-15-43-13-11-33-31(40)41/h3-5,8-9,19,21-23,32-33H,6-7,10-18,20H2,1-2H3,(H,35,39)(H,40,41). The topological polar surface area (TPSA) is 162 Å². The molecule has 0 saturated heterocycles. The molecular formula is C31H43N7O6. The van der Waals surface area contributed by atoms with Crippen molar-refractivity contribution < 1.29 is 28.9 Å². The van der Waals surface area contributed by atoms with Crippen LogP contribution >= 0.6 is 0 Å². The van der Waals surface area contributed by atoms with Crippen LogP contribution < -0.4 is 16.0 Å². The number of benzene rings is 1. The van der Waals surface area contributed by atoms with Gasteiger partial charge in [0, 0.05) is 50.4 Å². The van der Waals surface area contributed by atoms with Crippen LogP contribution in [0.1, 0.15) is 64.7 Å². The number of carbonyl (C=O) groups is 2. The SMILES string of the molecule is CC(Cc1nncn1C)c1cccc(NC(=O)c2ccc(CNCCOCCOCCOCCNC(=O)O)c(C3CC3)n2)c1. The van der Waals surface area contributed by atoms with Crippen LogP contribution in [0.3, 0.4) is 0 Å². The molecule has 44 heavy (non-hydrogen) atoms. The summed E-state index contributed by atoms with van der Waals surface area (Å²) >= 11 is 0. The minimum atomic E-state index is -1.06. The van der Waals surface area contributed by atoms with E-state index in [9.17, 15) is 9.59 Å². The summed E-state index contributed by atoms with van der Waals surface area (Å²) in [4.78, 5) is 28.3. The van der Waals surface area contributed by atoms with E-state index in [2.05, 4.69) is 39.1 Å². The Hall–Kier alpha value is -3.91. The van der Waals surface area contributed by atoms with Gasteiger partial charge in [-0.05, 0) is 48.1 Å². The number of ether oxygens (including phenoxy) is 3. The Bertz CT molecular complexity index is 1350. The van der Waals surface area contributed by atoms with E-state index < -0.39 is 6.09 Å². The zero-order chi connectivity index (χ0) is 31.1. The first kappa shape index (κ1) is 33.0. The molecule has 13 nitrogen and oxygen atoms in total. The molecule has 2 heterocycles. The Labute approximate surface area is 257 Å². The molecule has 0 aliphatic heterocycles. The lowest BCUT2D eigenvalue weighted by Crippen LogP contribution is -2.25. The molecule has 1 fully saturated rings. The summed E-state index contributed by atoms with van der Waals surface area (Å²) in [7, 11) is 1.94. The number of aromatic nitrogens is 4. The van der Waals surface area contributed by atoms with Gasteiger partial charge in [0.25, 0.3) is 5.91 Å². The third-order valence-corrected chi connectivity index (χ3v) is 7.22. The van der Waals surface area contributed by atoms with Crippen molar-refractivity contribution in [3.63, 3.8) is 0 Å². The summed E-state index contributed by atoms with van der Waals surface area (Å²) in [5.41, 5.74) is 4.36. The van der Waals surface area contributed by atoms with Crippen LogP contribution in [0.25, 0.3) is 0 Å². The third-order valence-electron chi connectivity index (χ3n) is 7.22. The summed E-state index contributed by atoms with van der Waals surface area (Å²) < 4.78 is 18.2. The van der Waals surface area contributed by atoms with Gasteiger partial charge in [-0.15, -0.1) is 10.2 Å². The number of anilines is 1. The predicted octanol–water partition coefficient (Wildman–Crippen LogP) is 3.09. The number of hydrogen-bond donors (Lipinski definition) is 4. The lowest BCUT2D eigenvalue weighted by Gasteiger charge is -2.14. The molecule has 13 heteroatoms. The Balaban J connectivity index is 1.16. The van der Waals surface area contributed by atoms with Crippen LogP contribution in [0.15, 0.2) is 42.7 Å². The molecule has 2 aromatic heterocycles. The molecule has 2 amide bonds. The predicted molar refractivity (Wildman–Crippen MR) is 164 cm³/mol. The Morgan fingerprint density at radius 1 is 1.02 bits per heavy atom. The molecule has 238 valence electrons. The van der Waals surface area contributed by atoms with Crippen molar-refractivity contribution in [3.05, 3.63) is 71.1 Å².